The molecular weight excluding hydrogens is 350 g/mol. The molecule has 7 nitrogen and oxygen atoms in total. The minimum Gasteiger partial charge on any atom is -0.411 e. The molecule has 0 bridgehead atoms. The van der Waals surface area contributed by atoms with E-state index in [2.05, 4.69) is 58.1 Å². The fourth-order valence-corrected chi connectivity index (χ4v) is 3.19. The summed E-state index contributed by atoms with van der Waals surface area (Å²) in [7, 11) is 0. The molecule has 0 spiro atoms. The van der Waals surface area contributed by atoms with Crippen LogP contribution in [-0.2, 0) is 12.2 Å². The first-order chi connectivity index (χ1) is 12.7. The summed E-state index contributed by atoms with van der Waals surface area (Å²) in [5, 5.41) is 12.7. The molecular formula is C18H23N5O2S. The zero-order valence-electron chi connectivity index (χ0n) is 15.3. The topological polar surface area (TPSA) is 81.1 Å². The van der Waals surface area contributed by atoms with Crippen LogP contribution >= 0.6 is 11.8 Å². The number of thioether (sulfide) groups is 1. The first kappa shape index (κ1) is 18.4. The second-order valence-corrected chi connectivity index (χ2v) is 6.66. The van der Waals surface area contributed by atoms with Gasteiger partial charge in [0.05, 0.1) is 5.75 Å². The average Bonchev–Trinajstić information content (AvgIpc) is 3.31. The van der Waals surface area contributed by atoms with Gasteiger partial charge < -0.3 is 13.8 Å². The van der Waals surface area contributed by atoms with Gasteiger partial charge in [0.15, 0.2) is 5.82 Å². The molecule has 0 atom stereocenters. The fourth-order valence-electron chi connectivity index (χ4n) is 2.58. The predicted molar refractivity (Wildman–Crippen MR) is 101 cm³/mol. The van der Waals surface area contributed by atoms with Crippen molar-refractivity contribution in [3.8, 4) is 11.5 Å². The van der Waals surface area contributed by atoms with Gasteiger partial charge in [0.25, 0.3) is 5.22 Å². The number of aromatic nitrogens is 4. The minimum atomic E-state index is 0.495. The summed E-state index contributed by atoms with van der Waals surface area (Å²) in [6, 6.07) is 8.17. The standard InChI is InChI=1S/C18H23N5O2S/c1-4-7-16-19-15(22-25-16)12-26-18-21-20-17(24-18)13-8-10-14(11-9-13)23(5-2)6-3/h8-11H,4-7,12H2,1-3H3. The third-order valence-electron chi connectivity index (χ3n) is 3.95. The van der Waals surface area contributed by atoms with Gasteiger partial charge in [-0.3, -0.25) is 0 Å². The van der Waals surface area contributed by atoms with Crippen LogP contribution in [0.4, 0.5) is 5.69 Å². The highest BCUT2D eigenvalue weighted by Gasteiger charge is 2.12. The van der Waals surface area contributed by atoms with E-state index in [-0.39, 0.29) is 0 Å². The molecule has 0 saturated heterocycles. The van der Waals surface area contributed by atoms with Gasteiger partial charge in [-0.1, -0.05) is 23.8 Å². The molecule has 0 radical (unpaired) electrons. The number of hydrogen-bond acceptors (Lipinski definition) is 8. The number of hydrogen-bond donors (Lipinski definition) is 0. The molecule has 1 aromatic carbocycles. The summed E-state index contributed by atoms with van der Waals surface area (Å²) in [6.07, 6.45) is 1.78. The number of nitrogens with zero attached hydrogens (tertiary/aromatic N) is 5. The Morgan fingerprint density at radius 1 is 1.04 bits per heavy atom. The zero-order chi connectivity index (χ0) is 18.4. The molecule has 0 aliphatic carbocycles. The van der Waals surface area contributed by atoms with Crippen molar-refractivity contribution in [3.05, 3.63) is 36.0 Å². The van der Waals surface area contributed by atoms with Crippen molar-refractivity contribution in [2.75, 3.05) is 18.0 Å². The SMILES string of the molecule is CCCc1nc(CSc2nnc(-c3ccc(N(CC)CC)cc3)o2)no1. The lowest BCUT2D eigenvalue weighted by Gasteiger charge is -2.20. The van der Waals surface area contributed by atoms with Crippen molar-refractivity contribution in [2.24, 2.45) is 0 Å². The van der Waals surface area contributed by atoms with E-state index in [9.17, 15) is 0 Å². The van der Waals surface area contributed by atoms with Gasteiger partial charge in [-0.05, 0) is 44.5 Å². The van der Waals surface area contributed by atoms with Crippen molar-refractivity contribution in [1.82, 2.24) is 20.3 Å². The fraction of sp³-hybridized carbons (Fsp3) is 0.444. The van der Waals surface area contributed by atoms with Crippen LogP contribution < -0.4 is 4.90 Å². The van der Waals surface area contributed by atoms with Crippen LogP contribution in [0.2, 0.25) is 0 Å². The van der Waals surface area contributed by atoms with E-state index in [0.717, 1.165) is 31.5 Å². The van der Waals surface area contributed by atoms with Crippen LogP contribution in [0.15, 0.2) is 38.4 Å². The highest BCUT2D eigenvalue weighted by Crippen LogP contribution is 2.26. The van der Waals surface area contributed by atoms with Gasteiger partial charge in [0.2, 0.25) is 11.8 Å². The Hall–Kier alpha value is -2.35. The summed E-state index contributed by atoms with van der Waals surface area (Å²) < 4.78 is 10.9. The molecule has 0 N–H and O–H groups in total. The number of anilines is 1. The predicted octanol–water partition coefficient (Wildman–Crippen LogP) is 4.21. The zero-order valence-corrected chi connectivity index (χ0v) is 16.1. The molecule has 3 rings (SSSR count). The number of rotatable bonds is 9. The summed E-state index contributed by atoms with van der Waals surface area (Å²) >= 11 is 1.40. The molecule has 0 aliphatic rings. The molecule has 138 valence electrons. The largest absolute Gasteiger partial charge is 0.411 e. The maximum absolute atomic E-state index is 5.74. The van der Waals surface area contributed by atoms with E-state index >= 15 is 0 Å². The first-order valence-corrected chi connectivity index (χ1v) is 9.85. The summed E-state index contributed by atoms with van der Waals surface area (Å²) in [5.74, 6) is 2.36. The normalized spacial score (nSPS) is 11.0. The summed E-state index contributed by atoms with van der Waals surface area (Å²) in [4.78, 5) is 6.62. The Bertz CT molecular complexity index is 811. The minimum absolute atomic E-state index is 0.495. The van der Waals surface area contributed by atoms with E-state index in [1.54, 1.807) is 0 Å². The van der Waals surface area contributed by atoms with Gasteiger partial charge in [-0.25, -0.2) is 0 Å². The van der Waals surface area contributed by atoms with Crippen LogP contribution in [0.25, 0.3) is 11.5 Å². The van der Waals surface area contributed by atoms with E-state index < -0.39 is 0 Å². The Balaban J connectivity index is 1.61. The molecule has 2 heterocycles. The maximum atomic E-state index is 5.74. The maximum Gasteiger partial charge on any atom is 0.277 e. The van der Waals surface area contributed by atoms with Crippen LogP contribution in [0.5, 0.6) is 0 Å². The smallest absolute Gasteiger partial charge is 0.277 e. The van der Waals surface area contributed by atoms with E-state index in [1.165, 1.54) is 17.4 Å². The summed E-state index contributed by atoms with van der Waals surface area (Å²) in [6.45, 7) is 8.33. The second-order valence-electron chi connectivity index (χ2n) is 5.74. The molecule has 26 heavy (non-hydrogen) atoms. The lowest BCUT2D eigenvalue weighted by molar-refractivity contribution is 0.373. The number of aryl methyl sites for hydroxylation is 1. The average molecular weight is 373 g/mol. The Labute approximate surface area is 157 Å². The number of benzene rings is 1. The van der Waals surface area contributed by atoms with Crippen LogP contribution in [0.1, 0.15) is 38.9 Å². The van der Waals surface area contributed by atoms with Crippen LogP contribution in [-0.4, -0.2) is 33.4 Å². The Kier molecular flexibility index (Phi) is 6.27. The Morgan fingerprint density at radius 2 is 1.81 bits per heavy atom. The molecule has 3 aromatic rings. The molecule has 0 fully saturated rings. The molecule has 2 aromatic heterocycles. The van der Waals surface area contributed by atoms with Crippen molar-refractivity contribution < 1.29 is 8.94 Å². The molecule has 0 saturated carbocycles. The first-order valence-electron chi connectivity index (χ1n) is 8.86. The van der Waals surface area contributed by atoms with Crippen molar-refractivity contribution in [1.29, 1.82) is 0 Å². The molecule has 0 amide bonds. The molecule has 0 unspecified atom stereocenters. The summed E-state index contributed by atoms with van der Waals surface area (Å²) in [5.41, 5.74) is 2.10. The van der Waals surface area contributed by atoms with Crippen LogP contribution in [0, 0.1) is 0 Å². The second kappa shape index (κ2) is 8.84. The monoisotopic (exact) mass is 373 g/mol. The van der Waals surface area contributed by atoms with Crippen molar-refractivity contribution >= 4 is 17.4 Å². The molecule has 0 aliphatic heterocycles. The van der Waals surface area contributed by atoms with Gasteiger partial charge in [-0.15, -0.1) is 10.2 Å². The van der Waals surface area contributed by atoms with Crippen molar-refractivity contribution in [3.63, 3.8) is 0 Å². The quantitative estimate of drug-likeness (QED) is 0.516. The third-order valence-corrected chi connectivity index (χ3v) is 4.76. The van der Waals surface area contributed by atoms with Crippen LogP contribution in [0.3, 0.4) is 0 Å². The van der Waals surface area contributed by atoms with Crippen molar-refractivity contribution in [2.45, 2.75) is 44.6 Å². The highest BCUT2D eigenvalue weighted by molar-refractivity contribution is 7.98. The van der Waals surface area contributed by atoms with E-state index in [0.29, 0.717) is 28.6 Å². The van der Waals surface area contributed by atoms with E-state index in [4.69, 9.17) is 8.94 Å². The van der Waals surface area contributed by atoms with Gasteiger partial charge in [-0.2, -0.15) is 4.98 Å². The van der Waals surface area contributed by atoms with Gasteiger partial charge in [0.1, 0.15) is 0 Å². The lowest BCUT2D eigenvalue weighted by atomic mass is 10.2. The lowest BCUT2D eigenvalue weighted by Crippen LogP contribution is -2.21. The van der Waals surface area contributed by atoms with Gasteiger partial charge in [0, 0.05) is 30.8 Å². The molecule has 8 heteroatoms. The third kappa shape index (κ3) is 4.43. The van der Waals surface area contributed by atoms with Gasteiger partial charge >= 0.3 is 0 Å². The highest BCUT2D eigenvalue weighted by atomic mass is 32.2. The van der Waals surface area contributed by atoms with E-state index in [1.807, 2.05) is 12.1 Å². The Morgan fingerprint density at radius 3 is 2.50 bits per heavy atom.